The maximum Gasteiger partial charge on any atom is 0.0995 e. The molecule has 2 aromatic rings. The van der Waals surface area contributed by atoms with Gasteiger partial charge in [0.05, 0.1) is 23.6 Å². The zero-order valence-corrected chi connectivity index (χ0v) is 8.01. The van der Waals surface area contributed by atoms with Crippen molar-refractivity contribution < 1.29 is 5.11 Å². The Hall–Kier alpha value is -1.39. The summed E-state index contributed by atoms with van der Waals surface area (Å²) < 4.78 is 1.89. The second-order valence-corrected chi connectivity index (χ2v) is 3.30. The standard InChI is InChI=1S/C10H13N3O/c1-7-10-8(9(14)5-11)3-2-4-13(10)6-12-7/h2-4,6,9,14H,5,11H2,1H3. The van der Waals surface area contributed by atoms with E-state index in [1.54, 1.807) is 6.33 Å². The molecule has 0 saturated heterocycles. The number of nitrogens with zero attached hydrogens (tertiary/aromatic N) is 2. The summed E-state index contributed by atoms with van der Waals surface area (Å²) in [5.74, 6) is 0. The van der Waals surface area contributed by atoms with Crippen molar-refractivity contribution >= 4 is 5.52 Å². The second-order valence-electron chi connectivity index (χ2n) is 3.30. The van der Waals surface area contributed by atoms with Crippen molar-refractivity contribution in [3.63, 3.8) is 0 Å². The van der Waals surface area contributed by atoms with E-state index in [1.807, 2.05) is 29.7 Å². The van der Waals surface area contributed by atoms with E-state index in [9.17, 15) is 5.11 Å². The van der Waals surface area contributed by atoms with Crippen LogP contribution >= 0.6 is 0 Å². The van der Waals surface area contributed by atoms with Gasteiger partial charge in [0.1, 0.15) is 0 Å². The highest BCUT2D eigenvalue weighted by atomic mass is 16.3. The highest BCUT2D eigenvalue weighted by Crippen LogP contribution is 2.20. The first-order valence-electron chi connectivity index (χ1n) is 4.54. The maximum absolute atomic E-state index is 9.70. The zero-order valence-electron chi connectivity index (χ0n) is 8.01. The molecule has 0 bridgehead atoms. The molecule has 2 heterocycles. The second kappa shape index (κ2) is 3.40. The van der Waals surface area contributed by atoms with Crippen LogP contribution in [0.2, 0.25) is 0 Å². The number of hydrogen-bond acceptors (Lipinski definition) is 3. The minimum absolute atomic E-state index is 0.226. The van der Waals surface area contributed by atoms with Crippen LogP contribution in [-0.2, 0) is 0 Å². The number of nitrogens with two attached hydrogens (primary N) is 1. The molecule has 2 rings (SSSR count). The lowest BCUT2D eigenvalue weighted by Crippen LogP contribution is -2.12. The summed E-state index contributed by atoms with van der Waals surface area (Å²) in [4.78, 5) is 4.18. The minimum Gasteiger partial charge on any atom is -0.387 e. The van der Waals surface area contributed by atoms with Crippen LogP contribution in [-0.4, -0.2) is 21.0 Å². The normalized spacial score (nSPS) is 13.4. The molecule has 2 aromatic heterocycles. The first-order chi connectivity index (χ1) is 6.74. The van der Waals surface area contributed by atoms with Crippen LogP contribution in [0.4, 0.5) is 0 Å². The predicted molar refractivity (Wildman–Crippen MR) is 53.9 cm³/mol. The maximum atomic E-state index is 9.70. The molecule has 4 nitrogen and oxygen atoms in total. The van der Waals surface area contributed by atoms with E-state index in [4.69, 9.17) is 5.73 Å². The third-order valence-electron chi connectivity index (χ3n) is 2.35. The summed E-state index contributed by atoms with van der Waals surface area (Å²) in [5.41, 5.74) is 8.13. The van der Waals surface area contributed by atoms with Crippen LogP contribution in [0.3, 0.4) is 0 Å². The largest absolute Gasteiger partial charge is 0.387 e. The molecule has 0 aliphatic rings. The number of hydrogen-bond donors (Lipinski definition) is 2. The first-order valence-corrected chi connectivity index (χ1v) is 4.54. The molecule has 4 heteroatoms. The van der Waals surface area contributed by atoms with Crippen molar-refractivity contribution in [2.24, 2.45) is 5.73 Å². The average molecular weight is 191 g/mol. The van der Waals surface area contributed by atoms with E-state index in [2.05, 4.69) is 4.98 Å². The van der Waals surface area contributed by atoms with Gasteiger partial charge in [-0.15, -0.1) is 0 Å². The van der Waals surface area contributed by atoms with Gasteiger partial charge in [-0.3, -0.25) is 0 Å². The van der Waals surface area contributed by atoms with Gasteiger partial charge in [-0.2, -0.15) is 0 Å². The topological polar surface area (TPSA) is 63.5 Å². The summed E-state index contributed by atoms with van der Waals surface area (Å²) in [6.07, 6.45) is 3.02. The number of aryl methyl sites for hydroxylation is 1. The number of aromatic nitrogens is 2. The van der Waals surface area contributed by atoms with Crippen molar-refractivity contribution in [2.45, 2.75) is 13.0 Å². The van der Waals surface area contributed by atoms with Gasteiger partial charge in [-0.05, 0) is 13.0 Å². The molecule has 0 saturated carbocycles. The van der Waals surface area contributed by atoms with E-state index in [0.29, 0.717) is 0 Å². The fourth-order valence-corrected chi connectivity index (χ4v) is 1.64. The van der Waals surface area contributed by atoms with Crippen molar-refractivity contribution in [2.75, 3.05) is 6.54 Å². The third-order valence-corrected chi connectivity index (χ3v) is 2.35. The molecule has 0 radical (unpaired) electrons. The van der Waals surface area contributed by atoms with Gasteiger partial charge in [-0.25, -0.2) is 4.98 Å². The van der Waals surface area contributed by atoms with Crippen molar-refractivity contribution in [3.05, 3.63) is 35.9 Å². The first kappa shape index (κ1) is 9.18. The Labute approximate surface area is 82.0 Å². The van der Waals surface area contributed by atoms with E-state index >= 15 is 0 Å². The van der Waals surface area contributed by atoms with Crippen molar-refractivity contribution in [1.29, 1.82) is 0 Å². The van der Waals surface area contributed by atoms with E-state index in [1.165, 1.54) is 0 Å². The molecule has 0 fully saturated rings. The average Bonchev–Trinajstić information content (AvgIpc) is 2.59. The summed E-state index contributed by atoms with van der Waals surface area (Å²) in [6, 6.07) is 3.75. The van der Waals surface area contributed by atoms with Crippen LogP contribution < -0.4 is 5.73 Å². The fourth-order valence-electron chi connectivity index (χ4n) is 1.64. The molecule has 74 valence electrons. The van der Waals surface area contributed by atoms with Gasteiger partial charge in [0.25, 0.3) is 0 Å². The highest BCUT2D eigenvalue weighted by molar-refractivity contribution is 5.59. The van der Waals surface area contributed by atoms with Crippen LogP contribution in [0.1, 0.15) is 17.4 Å². The molecule has 0 aromatic carbocycles. The molecule has 1 unspecified atom stereocenters. The number of pyridine rings is 1. The lowest BCUT2D eigenvalue weighted by atomic mass is 10.1. The Morgan fingerprint density at radius 1 is 1.64 bits per heavy atom. The zero-order chi connectivity index (χ0) is 10.1. The Bertz CT molecular complexity index is 450. The predicted octanol–water partition coefficient (Wildman–Crippen LogP) is 0.635. The summed E-state index contributed by atoms with van der Waals surface area (Å²) >= 11 is 0. The number of imidazole rings is 1. The highest BCUT2D eigenvalue weighted by Gasteiger charge is 2.11. The van der Waals surface area contributed by atoms with E-state index in [-0.39, 0.29) is 6.54 Å². The van der Waals surface area contributed by atoms with Gasteiger partial charge in [0.2, 0.25) is 0 Å². The molecule has 14 heavy (non-hydrogen) atoms. The number of fused-ring (bicyclic) bond motifs is 1. The SMILES string of the molecule is Cc1ncn2cccc(C(O)CN)c12. The summed E-state index contributed by atoms with van der Waals surface area (Å²) in [6.45, 7) is 2.15. The van der Waals surface area contributed by atoms with Crippen molar-refractivity contribution in [1.82, 2.24) is 9.38 Å². The summed E-state index contributed by atoms with van der Waals surface area (Å²) in [5, 5.41) is 9.70. The molecule has 1 atom stereocenters. The quantitative estimate of drug-likeness (QED) is 0.732. The molecule has 3 N–H and O–H groups in total. The molecule has 0 aliphatic heterocycles. The third kappa shape index (κ3) is 1.29. The molecular weight excluding hydrogens is 178 g/mol. The lowest BCUT2D eigenvalue weighted by Gasteiger charge is -2.10. The smallest absolute Gasteiger partial charge is 0.0995 e. The minimum atomic E-state index is -0.617. The number of aliphatic hydroxyl groups is 1. The summed E-state index contributed by atoms with van der Waals surface area (Å²) in [7, 11) is 0. The fraction of sp³-hybridized carbons (Fsp3) is 0.300. The molecular formula is C10H13N3O. The van der Waals surface area contributed by atoms with E-state index < -0.39 is 6.10 Å². The number of rotatable bonds is 2. The van der Waals surface area contributed by atoms with Crippen LogP contribution in [0.25, 0.3) is 5.52 Å². The van der Waals surface area contributed by atoms with Gasteiger partial charge < -0.3 is 15.2 Å². The van der Waals surface area contributed by atoms with Gasteiger partial charge in [0, 0.05) is 18.3 Å². The molecule has 0 spiro atoms. The molecule has 0 amide bonds. The number of aliphatic hydroxyl groups excluding tert-OH is 1. The Balaban J connectivity index is 2.69. The van der Waals surface area contributed by atoms with Crippen molar-refractivity contribution in [3.8, 4) is 0 Å². The van der Waals surface area contributed by atoms with Gasteiger partial charge >= 0.3 is 0 Å². The Morgan fingerprint density at radius 2 is 2.43 bits per heavy atom. The van der Waals surface area contributed by atoms with Crippen LogP contribution in [0.5, 0.6) is 0 Å². The van der Waals surface area contributed by atoms with Crippen LogP contribution in [0.15, 0.2) is 24.7 Å². The van der Waals surface area contributed by atoms with Crippen LogP contribution in [0, 0.1) is 6.92 Å². The van der Waals surface area contributed by atoms with Gasteiger partial charge in [0.15, 0.2) is 0 Å². The molecule has 0 aliphatic carbocycles. The Morgan fingerprint density at radius 3 is 3.14 bits per heavy atom. The monoisotopic (exact) mass is 191 g/mol. The van der Waals surface area contributed by atoms with E-state index in [0.717, 1.165) is 16.8 Å². The lowest BCUT2D eigenvalue weighted by molar-refractivity contribution is 0.188. The Kier molecular flexibility index (Phi) is 2.23. The van der Waals surface area contributed by atoms with Gasteiger partial charge in [-0.1, -0.05) is 6.07 Å².